The zero-order chi connectivity index (χ0) is 9.95. The molecule has 0 atom stereocenters. The Morgan fingerprint density at radius 1 is 1.23 bits per heavy atom. The lowest BCUT2D eigenvalue weighted by molar-refractivity contribution is -0.0623. The van der Waals surface area contributed by atoms with Crippen molar-refractivity contribution in [1.29, 1.82) is 0 Å². The minimum absolute atomic E-state index is 0.201. The van der Waals surface area contributed by atoms with Crippen LogP contribution in [0.25, 0.3) is 0 Å². The fourth-order valence-electron chi connectivity index (χ4n) is 1.74. The molecule has 0 spiro atoms. The first-order chi connectivity index (χ1) is 5.97. The molecule has 1 rings (SSSR count). The first-order valence-electron chi connectivity index (χ1n) is 5.61. The number of hydrogen-bond acceptors (Lipinski definition) is 1. The summed E-state index contributed by atoms with van der Waals surface area (Å²) in [6.45, 7) is 9.99. The van der Waals surface area contributed by atoms with Gasteiger partial charge in [-0.1, -0.05) is 33.6 Å². The maximum Gasteiger partial charge on any atom is 0.0654 e. The molecule has 1 nitrogen and oxygen atoms in total. The van der Waals surface area contributed by atoms with E-state index in [-0.39, 0.29) is 5.60 Å². The van der Waals surface area contributed by atoms with Gasteiger partial charge in [0.1, 0.15) is 0 Å². The van der Waals surface area contributed by atoms with Crippen LogP contribution in [-0.4, -0.2) is 12.2 Å². The van der Waals surface area contributed by atoms with E-state index in [4.69, 9.17) is 4.74 Å². The molecule has 0 unspecified atom stereocenters. The standard InChI is InChI=1S/C12H24O/c1-5-11(2,3)10-13-12(4)8-6-7-9-12/h5-10H2,1-4H3. The van der Waals surface area contributed by atoms with Crippen LogP contribution in [0.5, 0.6) is 0 Å². The van der Waals surface area contributed by atoms with E-state index in [2.05, 4.69) is 27.7 Å². The number of rotatable bonds is 4. The summed E-state index contributed by atoms with van der Waals surface area (Å²) in [5.41, 5.74) is 0.554. The molecule has 0 saturated heterocycles. The van der Waals surface area contributed by atoms with Gasteiger partial charge >= 0.3 is 0 Å². The Balaban J connectivity index is 2.32. The molecule has 1 aliphatic carbocycles. The minimum Gasteiger partial charge on any atom is -0.375 e. The molecule has 0 aromatic heterocycles. The number of hydrogen-bond donors (Lipinski definition) is 0. The van der Waals surface area contributed by atoms with E-state index >= 15 is 0 Å². The average Bonchev–Trinajstić information content (AvgIpc) is 2.50. The summed E-state index contributed by atoms with van der Waals surface area (Å²) in [6.07, 6.45) is 6.41. The van der Waals surface area contributed by atoms with Crippen molar-refractivity contribution in [1.82, 2.24) is 0 Å². The van der Waals surface area contributed by atoms with E-state index in [0.29, 0.717) is 5.41 Å². The normalized spacial score (nSPS) is 22.2. The van der Waals surface area contributed by atoms with E-state index in [1.54, 1.807) is 0 Å². The second-order valence-corrected chi connectivity index (χ2v) is 5.46. The lowest BCUT2D eigenvalue weighted by atomic mass is 9.91. The molecule has 0 bridgehead atoms. The molecule has 0 aliphatic heterocycles. The quantitative estimate of drug-likeness (QED) is 0.646. The van der Waals surface area contributed by atoms with Gasteiger partial charge in [-0.2, -0.15) is 0 Å². The highest BCUT2D eigenvalue weighted by molar-refractivity contribution is 4.82. The van der Waals surface area contributed by atoms with Crippen molar-refractivity contribution in [2.24, 2.45) is 5.41 Å². The molecule has 0 radical (unpaired) electrons. The van der Waals surface area contributed by atoms with Crippen molar-refractivity contribution < 1.29 is 4.74 Å². The summed E-state index contributed by atoms with van der Waals surface area (Å²) < 4.78 is 6.05. The van der Waals surface area contributed by atoms with Gasteiger partial charge in [0.15, 0.2) is 0 Å². The molecular formula is C12H24O. The second-order valence-electron chi connectivity index (χ2n) is 5.46. The molecule has 1 saturated carbocycles. The summed E-state index contributed by atoms with van der Waals surface area (Å²) >= 11 is 0. The van der Waals surface area contributed by atoms with Gasteiger partial charge in [-0.15, -0.1) is 0 Å². The maximum atomic E-state index is 6.05. The van der Waals surface area contributed by atoms with E-state index in [1.807, 2.05) is 0 Å². The zero-order valence-electron chi connectivity index (χ0n) is 9.65. The molecule has 0 N–H and O–H groups in total. The summed E-state index contributed by atoms with van der Waals surface area (Å²) in [5.74, 6) is 0. The molecule has 0 aromatic rings. The first-order valence-corrected chi connectivity index (χ1v) is 5.61. The fourth-order valence-corrected chi connectivity index (χ4v) is 1.74. The van der Waals surface area contributed by atoms with Gasteiger partial charge in [-0.05, 0) is 31.6 Å². The monoisotopic (exact) mass is 184 g/mol. The Hall–Kier alpha value is -0.0400. The van der Waals surface area contributed by atoms with Gasteiger partial charge < -0.3 is 4.74 Å². The van der Waals surface area contributed by atoms with Crippen molar-refractivity contribution in [3.63, 3.8) is 0 Å². The third-order valence-corrected chi connectivity index (χ3v) is 3.43. The smallest absolute Gasteiger partial charge is 0.0654 e. The summed E-state index contributed by atoms with van der Waals surface area (Å²) in [4.78, 5) is 0. The molecule has 0 aromatic carbocycles. The Kier molecular flexibility index (Phi) is 3.39. The molecule has 0 heterocycles. The summed E-state index contributed by atoms with van der Waals surface area (Å²) in [5, 5.41) is 0. The van der Waals surface area contributed by atoms with Crippen LogP contribution in [-0.2, 0) is 4.74 Å². The molecule has 13 heavy (non-hydrogen) atoms. The van der Waals surface area contributed by atoms with Crippen LogP contribution >= 0.6 is 0 Å². The molecule has 1 aliphatic rings. The van der Waals surface area contributed by atoms with Crippen molar-refractivity contribution in [3.8, 4) is 0 Å². The van der Waals surface area contributed by atoms with Crippen LogP contribution in [0, 0.1) is 5.41 Å². The van der Waals surface area contributed by atoms with Crippen molar-refractivity contribution in [2.45, 2.75) is 65.4 Å². The van der Waals surface area contributed by atoms with Gasteiger partial charge in [0.25, 0.3) is 0 Å². The third-order valence-electron chi connectivity index (χ3n) is 3.43. The van der Waals surface area contributed by atoms with Gasteiger partial charge in [0, 0.05) is 0 Å². The SMILES string of the molecule is CCC(C)(C)COC1(C)CCCC1. The van der Waals surface area contributed by atoms with Crippen LogP contribution in [0.2, 0.25) is 0 Å². The summed E-state index contributed by atoms with van der Waals surface area (Å²) in [6, 6.07) is 0. The Morgan fingerprint density at radius 2 is 1.77 bits per heavy atom. The highest BCUT2D eigenvalue weighted by Crippen LogP contribution is 2.34. The highest BCUT2D eigenvalue weighted by Gasteiger charge is 2.31. The molecule has 1 heteroatoms. The van der Waals surface area contributed by atoms with E-state index < -0.39 is 0 Å². The van der Waals surface area contributed by atoms with E-state index in [0.717, 1.165) is 6.61 Å². The molecule has 0 amide bonds. The topological polar surface area (TPSA) is 9.23 Å². The maximum absolute atomic E-state index is 6.05. The third kappa shape index (κ3) is 3.30. The van der Waals surface area contributed by atoms with Gasteiger partial charge in [0.05, 0.1) is 12.2 Å². The Labute approximate surface area is 82.9 Å². The van der Waals surface area contributed by atoms with Crippen molar-refractivity contribution in [2.75, 3.05) is 6.61 Å². The Morgan fingerprint density at radius 3 is 2.23 bits per heavy atom. The average molecular weight is 184 g/mol. The predicted octanol–water partition coefficient (Wildman–Crippen LogP) is 3.77. The first kappa shape index (κ1) is 11.0. The molecular weight excluding hydrogens is 160 g/mol. The summed E-state index contributed by atoms with van der Waals surface area (Å²) in [7, 11) is 0. The van der Waals surface area contributed by atoms with E-state index in [9.17, 15) is 0 Å². The number of ether oxygens (including phenoxy) is 1. The Bertz CT molecular complexity index is 155. The highest BCUT2D eigenvalue weighted by atomic mass is 16.5. The molecule has 78 valence electrons. The van der Waals surface area contributed by atoms with Crippen molar-refractivity contribution in [3.05, 3.63) is 0 Å². The van der Waals surface area contributed by atoms with Crippen LogP contribution < -0.4 is 0 Å². The van der Waals surface area contributed by atoms with Crippen LogP contribution in [0.1, 0.15) is 59.8 Å². The fraction of sp³-hybridized carbons (Fsp3) is 1.00. The lowest BCUT2D eigenvalue weighted by Crippen LogP contribution is -2.30. The van der Waals surface area contributed by atoms with Crippen molar-refractivity contribution >= 4 is 0 Å². The second kappa shape index (κ2) is 4.00. The van der Waals surface area contributed by atoms with Crippen LogP contribution in [0.15, 0.2) is 0 Å². The largest absolute Gasteiger partial charge is 0.375 e. The van der Waals surface area contributed by atoms with Crippen LogP contribution in [0.4, 0.5) is 0 Å². The van der Waals surface area contributed by atoms with E-state index in [1.165, 1.54) is 32.1 Å². The lowest BCUT2D eigenvalue weighted by Gasteiger charge is -2.31. The van der Waals surface area contributed by atoms with Crippen LogP contribution in [0.3, 0.4) is 0 Å². The molecule has 1 fully saturated rings. The van der Waals surface area contributed by atoms with Gasteiger partial charge in [-0.3, -0.25) is 0 Å². The predicted molar refractivity (Wildman–Crippen MR) is 56.9 cm³/mol. The van der Waals surface area contributed by atoms with Gasteiger partial charge in [-0.25, -0.2) is 0 Å². The zero-order valence-corrected chi connectivity index (χ0v) is 9.65. The minimum atomic E-state index is 0.201. The van der Waals surface area contributed by atoms with Gasteiger partial charge in [0.2, 0.25) is 0 Å².